The number of rotatable bonds is 4. The van der Waals surface area contributed by atoms with E-state index in [4.69, 9.17) is 9.47 Å². The third-order valence-corrected chi connectivity index (χ3v) is 3.98. The molecule has 1 unspecified atom stereocenters. The Bertz CT molecular complexity index is 642. The van der Waals surface area contributed by atoms with E-state index < -0.39 is 6.10 Å². The van der Waals surface area contributed by atoms with E-state index in [1.54, 1.807) is 6.20 Å². The summed E-state index contributed by atoms with van der Waals surface area (Å²) in [5, 5.41) is 10.6. The molecule has 0 spiro atoms. The average molecular weight is 353 g/mol. The molecule has 0 fully saturated rings. The molecule has 0 aliphatic carbocycles. The molecule has 1 aromatic carbocycles. The number of benzene rings is 1. The van der Waals surface area contributed by atoms with Crippen LogP contribution in [0.2, 0.25) is 0 Å². The lowest BCUT2D eigenvalue weighted by molar-refractivity contribution is 0.167. The van der Waals surface area contributed by atoms with Crippen LogP contribution in [-0.4, -0.2) is 27.9 Å². The molecule has 1 aromatic heterocycles. The Labute approximate surface area is 131 Å². The molecular formula is C15H17BrN2O3. The molecule has 5 nitrogen and oxygen atoms in total. The first-order valence-corrected chi connectivity index (χ1v) is 7.78. The van der Waals surface area contributed by atoms with E-state index in [2.05, 4.69) is 27.8 Å². The lowest BCUT2D eigenvalue weighted by atomic mass is 10.1. The van der Waals surface area contributed by atoms with E-state index in [9.17, 15) is 5.11 Å². The Balaban J connectivity index is 1.96. The van der Waals surface area contributed by atoms with Gasteiger partial charge in [-0.05, 0) is 40.0 Å². The maximum atomic E-state index is 10.6. The van der Waals surface area contributed by atoms with Gasteiger partial charge in [0.15, 0.2) is 11.5 Å². The van der Waals surface area contributed by atoms with Crippen molar-refractivity contribution in [2.75, 3.05) is 13.2 Å². The van der Waals surface area contributed by atoms with Gasteiger partial charge in [-0.3, -0.25) is 0 Å². The van der Waals surface area contributed by atoms with Crippen LogP contribution in [0.5, 0.6) is 11.5 Å². The molecule has 0 saturated carbocycles. The first kappa shape index (κ1) is 14.4. The maximum Gasteiger partial charge on any atom is 0.175 e. The number of hydrogen-bond donors (Lipinski definition) is 1. The van der Waals surface area contributed by atoms with E-state index in [0.29, 0.717) is 30.5 Å². The Morgan fingerprint density at radius 3 is 3.00 bits per heavy atom. The van der Waals surface area contributed by atoms with Gasteiger partial charge in [0.1, 0.15) is 25.1 Å². The van der Waals surface area contributed by atoms with Crippen LogP contribution in [0.3, 0.4) is 0 Å². The second-order valence-corrected chi connectivity index (χ2v) is 5.76. The van der Waals surface area contributed by atoms with E-state index in [0.717, 1.165) is 23.0 Å². The van der Waals surface area contributed by atoms with E-state index in [1.807, 2.05) is 22.9 Å². The molecular weight excluding hydrogens is 336 g/mol. The van der Waals surface area contributed by atoms with E-state index in [1.165, 1.54) is 0 Å². The van der Waals surface area contributed by atoms with Gasteiger partial charge in [0.05, 0.1) is 4.47 Å². The van der Waals surface area contributed by atoms with Crippen molar-refractivity contribution in [1.82, 2.24) is 9.55 Å². The third kappa shape index (κ3) is 2.78. The predicted octanol–water partition coefficient (Wildman–Crippen LogP) is 2.91. The maximum absolute atomic E-state index is 10.6. The summed E-state index contributed by atoms with van der Waals surface area (Å²) in [6, 6.07) is 3.66. The Hall–Kier alpha value is -1.53. The monoisotopic (exact) mass is 352 g/mol. The molecule has 0 amide bonds. The molecule has 2 aromatic rings. The van der Waals surface area contributed by atoms with Crippen LogP contribution >= 0.6 is 15.9 Å². The van der Waals surface area contributed by atoms with Crippen LogP contribution in [0.25, 0.3) is 0 Å². The molecule has 112 valence electrons. The van der Waals surface area contributed by atoms with Gasteiger partial charge < -0.3 is 19.1 Å². The molecule has 0 saturated heterocycles. The van der Waals surface area contributed by atoms with Crippen molar-refractivity contribution in [3.8, 4) is 11.5 Å². The van der Waals surface area contributed by atoms with Crippen LogP contribution < -0.4 is 9.47 Å². The fraction of sp³-hybridized carbons (Fsp3) is 0.400. The van der Waals surface area contributed by atoms with Gasteiger partial charge >= 0.3 is 0 Å². The number of imidazole rings is 1. The summed E-state index contributed by atoms with van der Waals surface area (Å²) in [5.41, 5.74) is 0.731. The van der Waals surface area contributed by atoms with Crippen molar-refractivity contribution in [1.29, 1.82) is 0 Å². The zero-order chi connectivity index (χ0) is 14.8. The number of halogens is 1. The highest BCUT2D eigenvalue weighted by Gasteiger charge is 2.22. The van der Waals surface area contributed by atoms with Crippen molar-refractivity contribution < 1.29 is 14.6 Å². The summed E-state index contributed by atoms with van der Waals surface area (Å²) < 4.78 is 13.9. The highest BCUT2D eigenvalue weighted by molar-refractivity contribution is 9.10. The fourth-order valence-corrected chi connectivity index (χ4v) is 3.01. The molecule has 0 bridgehead atoms. The van der Waals surface area contributed by atoms with E-state index in [-0.39, 0.29) is 0 Å². The largest absolute Gasteiger partial charge is 0.486 e. The lowest BCUT2D eigenvalue weighted by Gasteiger charge is -2.22. The number of nitrogens with zero attached hydrogens (tertiary/aromatic N) is 2. The zero-order valence-corrected chi connectivity index (χ0v) is 13.3. The normalized spacial score (nSPS) is 15.0. The standard InChI is InChI=1S/C15H17BrN2O3/c1-2-4-18-5-3-17-15(18)13(19)10-8-11(16)14-12(9-10)20-6-7-21-14/h3,5,8-9,13,19H,2,4,6-7H2,1H3. The summed E-state index contributed by atoms with van der Waals surface area (Å²) in [5.74, 6) is 1.98. The van der Waals surface area contributed by atoms with Crippen molar-refractivity contribution in [3.63, 3.8) is 0 Å². The van der Waals surface area contributed by atoms with Gasteiger partial charge in [-0.1, -0.05) is 6.92 Å². The summed E-state index contributed by atoms with van der Waals surface area (Å²) in [4.78, 5) is 4.28. The predicted molar refractivity (Wildman–Crippen MR) is 81.7 cm³/mol. The van der Waals surface area contributed by atoms with Crippen molar-refractivity contribution in [3.05, 3.63) is 40.4 Å². The highest BCUT2D eigenvalue weighted by atomic mass is 79.9. The van der Waals surface area contributed by atoms with Crippen molar-refractivity contribution in [2.24, 2.45) is 0 Å². The van der Waals surface area contributed by atoms with Gasteiger partial charge in [0.2, 0.25) is 0 Å². The molecule has 3 rings (SSSR count). The number of aliphatic hydroxyl groups is 1. The second kappa shape index (κ2) is 6.07. The first-order valence-electron chi connectivity index (χ1n) is 6.99. The molecule has 1 N–H and O–H groups in total. The zero-order valence-electron chi connectivity index (χ0n) is 11.8. The minimum atomic E-state index is -0.793. The minimum Gasteiger partial charge on any atom is -0.486 e. The number of aryl methyl sites for hydroxylation is 1. The summed E-state index contributed by atoms with van der Waals surface area (Å²) >= 11 is 3.47. The average Bonchev–Trinajstić information content (AvgIpc) is 2.95. The Morgan fingerprint density at radius 1 is 1.38 bits per heavy atom. The van der Waals surface area contributed by atoms with Crippen molar-refractivity contribution in [2.45, 2.75) is 26.0 Å². The van der Waals surface area contributed by atoms with Gasteiger partial charge in [0, 0.05) is 18.9 Å². The van der Waals surface area contributed by atoms with E-state index >= 15 is 0 Å². The molecule has 21 heavy (non-hydrogen) atoms. The van der Waals surface area contributed by atoms with Gasteiger partial charge in [0.25, 0.3) is 0 Å². The number of aliphatic hydroxyl groups excluding tert-OH is 1. The molecule has 6 heteroatoms. The van der Waals surface area contributed by atoms with Gasteiger partial charge in [-0.15, -0.1) is 0 Å². The quantitative estimate of drug-likeness (QED) is 0.918. The fourth-order valence-electron chi connectivity index (χ4n) is 2.44. The topological polar surface area (TPSA) is 56.5 Å². The Morgan fingerprint density at radius 2 is 2.19 bits per heavy atom. The van der Waals surface area contributed by atoms with Gasteiger partial charge in [-0.2, -0.15) is 0 Å². The number of fused-ring (bicyclic) bond motifs is 1. The Kier molecular flexibility index (Phi) is 4.17. The van der Waals surface area contributed by atoms with Crippen LogP contribution in [0, 0.1) is 0 Å². The van der Waals surface area contributed by atoms with Crippen LogP contribution in [0.15, 0.2) is 29.0 Å². The number of aromatic nitrogens is 2. The van der Waals surface area contributed by atoms with Crippen LogP contribution in [0.4, 0.5) is 0 Å². The number of hydrogen-bond acceptors (Lipinski definition) is 4. The molecule has 0 radical (unpaired) electrons. The van der Waals surface area contributed by atoms with Crippen LogP contribution in [-0.2, 0) is 6.54 Å². The van der Waals surface area contributed by atoms with Crippen LogP contribution in [0.1, 0.15) is 30.8 Å². The highest BCUT2D eigenvalue weighted by Crippen LogP contribution is 2.40. The summed E-state index contributed by atoms with van der Waals surface area (Å²) in [6.45, 7) is 3.98. The molecule has 2 heterocycles. The smallest absolute Gasteiger partial charge is 0.175 e. The first-order chi connectivity index (χ1) is 10.2. The lowest BCUT2D eigenvalue weighted by Crippen LogP contribution is -2.17. The molecule has 1 atom stereocenters. The second-order valence-electron chi connectivity index (χ2n) is 4.91. The molecule has 1 aliphatic heterocycles. The minimum absolute atomic E-state index is 0.517. The van der Waals surface area contributed by atoms with Gasteiger partial charge in [-0.25, -0.2) is 4.98 Å². The third-order valence-electron chi connectivity index (χ3n) is 3.39. The number of ether oxygens (including phenoxy) is 2. The SMILES string of the molecule is CCCn1ccnc1C(O)c1cc(Br)c2c(c1)OCCO2. The molecule has 1 aliphatic rings. The summed E-state index contributed by atoms with van der Waals surface area (Å²) in [7, 11) is 0. The van der Waals surface area contributed by atoms with Crippen molar-refractivity contribution >= 4 is 15.9 Å². The summed E-state index contributed by atoms with van der Waals surface area (Å²) in [6.07, 6.45) is 3.79.